The van der Waals surface area contributed by atoms with Crippen LogP contribution in [-0.4, -0.2) is 22.6 Å². The fraction of sp³-hybridized carbons (Fsp3) is 0.167. The minimum Gasteiger partial charge on any atom is -0.493 e. The monoisotopic (exact) mass is 340 g/mol. The normalized spacial score (nSPS) is 10.6. The van der Waals surface area contributed by atoms with E-state index in [-0.39, 0.29) is 13.0 Å². The average molecular weight is 340 g/mol. The molecule has 0 atom stereocenters. The predicted molar refractivity (Wildman–Crippen MR) is 92.1 cm³/mol. The Labute approximate surface area is 142 Å². The minimum atomic E-state index is -0.561. The highest BCUT2D eigenvalue weighted by Gasteiger charge is 2.12. The molecule has 0 aliphatic heterocycles. The van der Waals surface area contributed by atoms with Crippen molar-refractivity contribution < 1.29 is 14.3 Å². The van der Waals surface area contributed by atoms with Crippen LogP contribution in [0.15, 0.2) is 58.1 Å². The predicted octanol–water partition coefficient (Wildman–Crippen LogP) is 1.69. The van der Waals surface area contributed by atoms with Gasteiger partial charge >= 0.3 is 11.7 Å². The van der Waals surface area contributed by atoms with E-state index in [0.717, 1.165) is 0 Å². The summed E-state index contributed by atoms with van der Waals surface area (Å²) in [7, 11) is 1.48. The van der Waals surface area contributed by atoms with Gasteiger partial charge in [-0.05, 0) is 24.3 Å². The summed E-state index contributed by atoms with van der Waals surface area (Å²) in [4.78, 5) is 38.2. The van der Waals surface area contributed by atoms with Gasteiger partial charge in [0.2, 0.25) is 0 Å². The second-order valence-electron chi connectivity index (χ2n) is 5.30. The Morgan fingerprint density at radius 1 is 1.04 bits per heavy atom. The number of aromatic nitrogens is 2. The van der Waals surface area contributed by atoms with Crippen molar-refractivity contribution in [2.45, 2.75) is 13.0 Å². The van der Waals surface area contributed by atoms with Gasteiger partial charge in [-0.3, -0.25) is 19.1 Å². The molecule has 0 fully saturated rings. The van der Waals surface area contributed by atoms with Gasteiger partial charge in [-0.15, -0.1) is 0 Å². The number of fused-ring (bicyclic) bond motifs is 1. The van der Waals surface area contributed by atoms with Crippen molar-refractivity contribution in [1.82, 2.24) is 9.55 Å². The van der Waals surface area contributed by atoms with Crippen LogP contribution in [0.3, 0.4) is 0 Å². The number of hydrogen-bond donors (Lipinski definition) is 1. The number of esters is 1. The number of aryl methyl sites for hydroxylation is 1. The molecule has 0 aliphatic carbocycles. The smallest absolute Gasteiger partial charge is 0.328 e. The van der Waals surface area contributed by atoms with E-state index >= 15 is 0 Å². The third-order valence-corrected chi connectivity index (χ3v) is 3.74. The second kappa shape index (κ2) is 7.04. The molecule has 0 spiro atoms. The van der Waals surface area contributed by atoms with E-state index in [1.807, 2.05) is 0 Å². The van der Waals surface area contributed by atoms with Crippen LogP contribution in [-0.2, 0) is 11.3 Å². The Hall–Kier alpha value is -3.35. The number of ether oxygens (including phenoxy) is 2. The van der Waals surface area contributed by atoms with E-state index < -0.39 is 17.2 Å². The number of carbonyl (C=O) groups excluding carboxylic acids is 1. The SMILES string of the molecule is COc1ccccc1OC(=O)CCn1c(=O)[nH]c(=O)c2ccccc21. The van der Waals surface area contributed by atoms with Gasteiger partial charge < -0.3 is 9.47 Å². The molecule has 0 saturated heterocycles. The molecular weight excluding hydrogens is 324 g/mol. The van der Waals surface area contributed by atoms with Crippen molar-refractivity contribution in [3.05, 3.63) is 69.4 Å². The van der Waals surface area contributed by atoms with Gasteiger partial charge in [-0.25, -0.2) is 4.79 Å². The van der Waals surface area contributed by atoms with Gasteiger partial charge in [-0.1, -0.05) is 24.3 Å². The Kier molecular flexibility index (Phi) is 4.65. The first-order valence-corrected chi connectivity index (χ1v) is 7.65. The summed E-state index contributed by atoms with van der Waals surface area (Å²) in [6, 6.07) is 13.5. The largest absolute Gasteiger partial charge is 0.493 e. The molecule has 1 aromatic heterocycles. The van der Waals surface area contributed by atoms with Crippen molar-refractivity contribution in [1.29, 1.82) is 0 Å². The first-order chi connectivity index (χ1) is 12.1. The number of hydrogen-bond acceptors (Lipinski definition) is 5. The number of methoxy groups -OCH3 is 1. The van der Waals surface area contributed by atoms with Gasteiger partial charge in [0, 0.05) is 6.54 Å². The van der Waals surface area contributed by atoms with Gasteiger partial charge in [-0.2, -0.15) is 0 Å². The summed E-state index contributed by atoms with van der Waals surface area (Å²) in [6.07, 6.45) is -0.0337. The number of para-hydroxylation sites is 3. The maximum Gasteiger partial charge on any atom is 0.328 e. The molecule has 0 amide bonds. The van der Waals surface area contributed by atoms with Crippen molar-refractivity contribution in [2.24, 2.45) is 0 Å². The Balaban J connectivity index is 1.80. The summed E-state index contributed by atoms with van der Waals surface area (Å²) in [5.74, 6) is 0.253. The molecule has 3 rings (SSSR count). The average Bonchev–Trinajstić information content (AvgIpc) is 2.62. The maximum absolute atomic E-state index is 12.1. The molecule has 1 heterocycles. The highest BCUT2D eigenvalue weighted by atomic mass is 16.6. The third kappa shape index (κ3) is 3.45. The zero-order valence-electron chi connectivity index (χ0n) is 13.5. The van der Waals surface area contributed by atoms with Crippen LogP contribution < -0.4 is 20.7 Å². The van der Waals surface area contributed by atoms with Crippen LogP contribution in [0, 0.1) is 0 Å². The number of benzene rings is 2. The van der Waals surface area contributed by atoms with Crippen molar-refractivity contribution in [3.8, 4) is 11.5 Å². The zero-order valence-corrected chi connectivity index (χ0v) is 13.5. The number of aromatic amines is 1. The summed E-state index contributed by atoms with van der Waals surface area (Å²) < 4.78 is 11.8. The first-order valence-electron chi connectivity index (χ1n) is 7.65. The second-order valence-corrected chi connectivity index (χ2v) is 5.30. The molecule has 7 nitrogen and oxygen atoms in total. The lowest BCUT2D eigenvalue weighted by Gasteiger charge is -2.10. The van der Waals surface area contributed by atoms with Crippen LogP contribution in [0.1, 0.15) is 6.42 Å². The van der Waals surface area contributed by atoms with E-state index in [4.69, 9.17) is 9.47 Å². The topological polar surface area (TPSA) is 90.4 Å². The van der Waals surface area contributed by atoms with E-state index in [0.29, 0.717) is 22.4 Å². The van der Waals surface area contributed by atoms with E-state index in [1.165, 1.54) is 11.7 Å². The molecule has 128 valence electrons. The zero-order chi connectivity index (χ0) is 17.8. The molecule has 1 N–H and O–H groups in total. The molecule has 0 radical (unpaired) electrons. The summed E-state index contributed by atoms with van der Waals surface area (Å²) in [5, 5.41) is 0.389. The van der Waals surface area contributed by atoms with Crippen molar-refractivity contribution in [2.75, 3.05) is 7.11 Å². The Morgan fingerprint density at radius 3 is 2.48 bits per heavy atom. The fourth-order valence-corrected chi connectivity index (χ4v) is 2.54. The van der Waals surface area contributed by atoms with Gasteiger partial charge in [0.25, 0.3) is 5.56 Å². The molecule has 0 aliphatic rings. The highest BCUT2D eigenvalue weighted by Crippen LogP contribution is 2.26. The molecule has 7 heteroatoms. The van der Waals surface area contributed by atoms with Crippen LogP contribution in [0.4, 0.5) is 0 Å². The summed E-state index contributed by atoms with van der Waals surface area (Å²) >= 11 is 0. The lowest BCUT2D eigenvalue weighted by molar-refractivity contribution is -0.134. The molecule has 0 saturated carbocycles. The van der Waals surface area contributed by atoms with Crippen LogP contribution in [0.2, 0.25) is 0 Å². The maximum atomic E-state index is 12.1. The molecule has 0 unspecified atom stereocenters. The number of nitrogens with one attached hydrogen (secondary N) is 1. The molecular formula is C18H16N2O5. The van der Waals surface area contributed by atoms with Crippen molar-refractivity contribution >= 4 is 16.9 Å². The van der Waals surface area contributed by atoms with Crippen LogP contribution >= 0.6 is 0 Å². The summed E-state index contributed by atoms with van der Waals surface area (Å²) in [5.41, 5.74) is -0.538. The highest BCUT2D eigenvalue weighted by molar-refractivity contribution is 5.78. The molecule has 2 aromatic carbocycles. The number of carbonyl (C=O) groups is 1. The fourth-order valence-electron chi connectivity index (χ4n) is 2.54. The molecule has 3 aromatic rings. The molecule has 25 heavy (non-hydrogen) atoms. The summed E-state index contributed by atoms with van der Waals surface area (Å²) in [6.45, 7) is 0.0874. The third-order valence-electron chi connectivity index (χ3n) is 3.74. The minimum absolute atomic E-state index is 0.0337. The standard InChI is InChI=1S/C18H16N2O5/c1-24-14-8-4-5-9-15(14)25-16(21)10-11-20-13-7-3-2-6-12(13)17(22)19-18(20)23/h2-9H,10-11H2,1H3,(H,19,22,23). The van der Waals surface area contributed by atoms with E-state index in [1.54, 1.807) is 48.5 Å². The lowest BCUT2D eigenvalue weighted by Crippen LogP contribution is -2.31. The lowest BCUT2D eigenvalue weighted by atomic mass is 10.2. The van der Waals surface area contributed by atoms with Gasteiger partial charge in [0.1, 0.15) is 0 Å². The van der Waals surface area contributed by atoms with Crippen LogP contribution in [0.25, 0.3) is 10.9 Å². The molecule has 0 bridgehead atoms. The quantitative estimate of drug-likeness (QED) is 0.564. The van der Waals surface area contributed by atoms with Crippen LogP contribution in [0.5, 0.6) is 11.5 Å². The number of rotatable bonds is 5. The van der Waals surface area contributed by atoms with E-state index in [2.05, 4.69) is 4.98 Å². The Morgan fingerprint density at radius 2 is 1.72 bits per heavy atom. The van der Waals surface area contributed by atoms with Crippen molar-refractivity contribution in [3.63, 3.8) is 0 Å². The number of H-pyrrole nitrogens is 1. The first kappa shape index (κ1) is 16.5. The van der Waals surface area contributed by atoms with Gasteiger partial charge in [0.05, 0.1) is 24.4 Å². The Bertz CT molecular complexity index is 1040. The van der Waals surface area contributed by atoms with E-state index in [9.17, 15) is 14.4 Å². The van der Waals surface area contributed by atoms with Gasteiger partial charge in [0.15, 0.2) is 11.5 Å². The number of nitrogens with zero attached hydrogens (tertiary/aromatic N) is 1.